The van der Waals surface area contributed by atoms with E-state index in [0.29, 0.717) is 16.4 Å². The summed E-state index contributed by atoms with van der Waals surface area (Å²) in [5.41, 5.74) is 1.82. The fourth-order valence-electron chi connectivity index (χ4n) is 3.79. The molecule has 0 aliphatic carbocycles. The molecule has 0 aromatic heterocycles. The number of carbonyl (C=O) groups excluding carboxylic acids is 1. The van der Waals surface area contributed by atoms with Crippen molar-refractivity contribution in [2.75, 3.05) is 10.1 Å². The van der Waals surface area contributed by atoms with Crippen LogP contribution in [0.3, 0.4) is 0 Å². The van der Waals surface area contributed by atoms with Gasteiger partial charge in [0.05, 0.1) is 23.5 Å². The van der Waals surface area contributed by atoms with E-state index in [1.54, 1.807) is 24.3 Å². The van der Waals surface area contributed by atoms with Gasteiger partial charge in [0.15, 0.2) is 5.71 Å². The van der Waals surface area contributed by atoms with E-state index >= 15 is 0 Å². The molecular formula is C24H20F3N3O3. The van der Waals surface area contributed by atoms with Crippen molar-refractivity contribution in [2.24, 2.45) is 5.10 Å². The van der Waals surface area contributed by atoms with Crippen molar-refractivity contribution in [3.63, 3.8) is 0 Å². The van der Waals surface area contributed by atoms with E-state index in [1.807, 2.05) is 19.9 Å². The summed E-state index contributed by atoms with van der Waals surface area (Å²) < 4.78 is 40.2. The Balaban J connectivity index is 1.86. The van der Waals surface area contributed by atoms with Crippen LogP contribution in [0.2, 0.25) is 0 Å². The smallest absolute Gasteiger partial charge is 0.392 e. The van der Waals surface area contributed by atoms with Gasteiger partial charge in [-0.25, -0.2) is 0 Å². The van der Waals surface area contributed by atoms with Gasteiger partial charge < -0.3 is 5.11 Å². The minimum Gasteiger partial charge on any atom is -0.392 e. The Hall–Kier alpha value is -3.69. The van der Waals surface area contributed by atoms with Crippen LogP contribution in [0.25, 0.3) is 0 Å². The van der Waals surface area contributed by atoms with Crippen molar-refractivity contribution in [1.82, 2.24) is 0 Å². The Morgan fingerprint density at radius 3 is 2.33 bits per heavy atom. The van der Waals surface area contributed by atoms with Gasteiger partial charge in [-0.2, -0.15) is 13.2 Å². The van der Waals surface area contributed by atoms with Crippen LogP contribution in [0.15, 0.2) is 65.8 Å². The summed E-state index contributed by atoms with van der Waals surface area (Å²) >= 11 is 0. The number of alkyl halides is 3. The second-order valence-electron chi connectivity index (χ2n) is 7.78. The lowest BCUT2D eigenvalue weighted by Crippen LogP contribution is -2.27. The highest BCUT2D eigenvalue weighted by molar-refractivity contribution is 6.55. The summed E-state index contributed by atoms with van der Waals surface area (Å²) in [6.07, 6.45) is -4.60. The van der Waals surface area contributed by atoms with Crippen molar-refractivity contribution in [1.29, 1.82) is 0 Å². The van der Waals surface area contributed by atoms with Gasteiger partial charge in [0.2, 0.25) is 0 Å². The van der Waals surface area contributed by atoms with E-state index in [1.165, 1.54) is 23.1 Å². The predicted octanol–water partition coefficient (Wildman–Crippen LogP) is 5.09. The Morgan fingerprint density at radius 1 is 1.00 bits per heavy atom. The lowest BCUT2D eigenvalue weighted by Gasteiger charge is -2.19. The highest BCUT2D eigenvalue weighted by Gasteiger charge is 2.39. The number of halogens is 3. The number of aliphatic hydroxyl groups excluding tert-OH is 1. The third-order valence-electron chi connectivity index (χ3n) is 5.21. The third-order valence-corrected chi connectivity index (χ3v) is 5.21. The number of hydrogen-bond donors (Lipinski definition) is 2. The van der Waals surface area contributed by atoms with Gasteiger partial charge in [0.1, 0.15) is 0 Å². The molecule has 2 N–H and O–H groups in total. The summed E-state index contributed by atoms with van der Waals surface area (Å²) in [6.45, 7) is 3.38. The Labute approximate surface area is 187 Å². The molecule has 0 bridgehead atoms. The number of fused-ring (bicyclic) bond motifs is 1. The second kappa shape index (κ2) is 8.34. The quantitative estimate of drug-likeness (QED) is 0.537. The van der Waals surface area contributed by atoms with Gasteiger partial charge in [-0.05, 0) is 73.0 Å². The first-order valence-electron chi connectivity index (χ1n) is 10.0. The summed E-state index contributed by atoms with van der Waals surface area (Å²) in [6, 6.07) is 14.4. The van der Waals surface area contributed by atoms with Crippen LogP contribution in [0.5, 0.6) is 0 Å². The number of benzene rings is 3. The number of rotatable bonds is 4. The van der Waals surface area contributed by atoms with Crippen molar-refractivity contribution in [3.8, 4) is 0 Å². The molecule has 33 heavy (non-hydrogen) atoms. The normalized spacial score (nSPS) is 14.7. The minimum atomic E-state index is -4.60. The summed E-state index contributed by atoms with van der Waals surface area (Å²) in [5, 5.41) is 24.3. The molecule has 9 heteroatoms. The van der Waals surface area contributed by atoms with Crippen LogP contribution < -0.4 is 10.1 Å². The highest BCUT2D eigenvalue weighted by atomic mass is 19.4. The number of aliphatic hydroxyl groups is 1. The Kier molecular flexibility index (Phi) is 5.69. The van der Waals surface area contributed by atoms with Gasteiger partial charge in [-0.1, -0.05) is 18.2 Å². The van der Waals surface area contributed by atoms with E-state index in [2.05, 4.69) is 5.10 Å². The third kappa shape index (κ3) is 4.33. The highest BCUT2D eigenvalue weighted by Crippen LogP contribution is 2.41. The fourth-order valence-corrected chi connectivity index (χ4v) is 3.79. The van der Waals surface area contributed by atoms with Crippen LogP contribution in [0.1, 0.15) is 27.8 Å². The molecule has 6 nitrogen and oxygen atoms in total. The van der Waals surface area contributed by atoms with Gasteiger partial charge in [-0.15, -0.1) is 10.3 Å². The summed E-state index contributed by atoms with van der Waals surface area (Å²) in [5.74, 6) is -0.674. The first-order valence-corrected chi connectivity index (χ1v) is 10.0. The second-order valence-corrected chi connectivity index (χ2v) is 7.78. The Morgan fingerprint density at radius 2 is 1.70 bits per heavy atom. The zero-order valence-electron chi connectivity index (χ0n) is 17.8. The van der Waals surface area contributed by atoms with Crippen LogP contribution in [0.4, 0.5) is 30.2 Å². The maximum Gasteiger partial charge on any atom is 0.416 e. The molecule has 1 amide bonds. The molecular weight excluding hydrogens is 435 g/mol. The van der Waals surface area contributed by atoms with Gasteiger partial charge in [0.25, 0.3) is 5.91 Å². The number of amides is 1. The topological polar surface area (TPSA) is 76.4 Å². The molecule has 0 atom stereocenters. The monoisotopic (exact) mass is 455 g/mol. The zero-order chi connectivity index (χ0) is 23.9. The number of aryl methyl sites for hydroxylation is 2. The summed E-state index contributed by atoms with van der Waals surface area (Å²) in [4.78, 5) is 14.5. The molecule has 0 radical (unpaired) electrons. The largest absolute Gasteiger partial charge is 0.416 e. The average Bonchev–Trinajstić information content (AvgIpc) is 3.03. The molecule has 0 saturated carbocycles. The number of carbonyl (C=O) groups is 1. The van der Waals surface area contributed by atoms with E-state index in [-0.39, 0.29) is 29.3 Å². The van der Waals surface area contributed by atoms with Crippen molar-refractivity contribution >= 4 is 28.7 Å². The number of anilines is 3. The molecule has 1 heterocycles. The van der Waals surface area contributed by atoms with Gasteiger partial charge in [0, 0.05) is 11.3 Å². The fraction of sp³-hybridized carbons (Fsp3) is 0.167. The van der Waals surface area contributed by atoms with Crippen molar-refractivity contribution in [3.05, 3.63) is 88.5 Å². The predicted molar refractivity (Wildman–Crippen MR) is 118 cm³/mol. The molecule has 0 fully saturated rings. The minimum absolute atomic E-state index is 0.0242. The van der Waals surface area contributed by atoms with Gasteiger partial charge in [-0.3, -0.25) is 14.9 Å². The van der Waals surface area contributed by atoms with Crippen LogP contribution in [0, 0.1) is 13.8 Å². The molecule has 0 saturated heterocycles. The molecule has 170 valence electrons. The molecule has 1 aliphatic rings. The molecule has 1 aliphatic heterocycles. The number of hydrazone groups is 1. The van der Waals surface area contributed by atoms with Crippen LogP contribution in [-0.4, -0.2) is 21.9 Å². The number of nitrogens with zero attached hydrogens (tertiary/aromatic N) is 3. The lowest BCUT2D eigenvalue weighted by atomic mass is 10.1. The maximum absolute atomic E-state index is 13.4. The van der Waals surface area contributed by atoms with Crippen molar-refractivity contribution < 1.29 is 28.3 Å². The van der Waals surface area contributed by atoms with E-state index in [4.69, 9.17) is 0 Å². The molecule has 0 spiro atoms. The maximum atomic E-state index is 13.4. The average molecular weight is 455 g/mol. The first-order chi connectivity index (χ1) is 15.6. The zero-order valence-corrected chi connectivity index (χ0v) is 17.8. The molecule has 0 unspecified atom stereocenters. The first kappa shape index (κ1) is 22.5. The standard InChI is InChI=1S/C24H20F3N3O3/c1-14-8-15(2)10-19(9-14)29-21-12-17(24(25,26)27)6-7-20(21)22(23(29)32)28-30(33)18-5-3-4-16(11-18)13-31/h3-12,31,33H,13H2,1-2H3. The SMILES string of the molecule is Cc1cc(C)cc(N2C(=O)C(=NN(O)c3cccc(CO)c3)c3ccc(C(F)(F)F)cc32)c1. The Bertz CT molecular complexity index is 1250. The van der Waals surface area contributed by atoms with E-state index in [0.717, 1.165) is 23.3 Å². The van der Waals surface area contributed by atoms with E-state index in [9.17, 15) is 28.3 Å². The summed E-state index contributed by atoms with van der Waals surface area (Å²) in [7, 11) is 0. The molecule has 3 aromatic carbocycles. The lowest BCUT2D eigenvalue weighted by molar-refractivity contribution is -0.137. The number of hydrogen-bond acceptors (Lipinski definition) is 5. The van der Waals surface area contributed by atoms with Gasteiger partial charge >= 0.3 is 6.18 Å². The molecule has 4 rings (SSSR count). The van der Waals surface area contributed by atoms with Crippen LogP contribution in [-0.2, 0) is 17.6 Å². The van der Waals surface area contributed by atoms with Crippen molar-refractivity contribution in [2.45, 2.75) is 26.6 Å². The van der Waals surface area contributed by atoms with E-state index < -0.39 is 17.6 Å². The molecule has 3 aromatic rings. The van der Waals surface area contributed by atoms with Crippen LogP contribution >= 0.6 is 0 Å².